The Kier molecular flexibility index (Phi) is 4.29. The molecule has 1 heterocycles. The monoisotopic (exact) mass is 276 g/mol. The molecule has 0 unspecified atom stereocenters. The van der Waals surface area contributed by atoms with Crippen LogP contribution < -0.4 is 10.0 Å². The fourth-order valence-electron chi connectivity index (χ4n) is 1.84. The molecule has 2 rings (SSSR count). The third-order valence-corrected chi connectivity index (χ3v) is 3.58. The van der Waals surface area contributed by atoms with Gasteiger partial charge in [0, 0.05) is 28.9 Å². The Morgan fingerprint density at radius 3 is 2.58 bits per heavy atom. The third kappa shape index (κ3) is 3.87. The molecule has 19 heavy (non-hydrogen) atoms. The number of quaternary nitrogens is 1. The van der Waals surface area contributed by atoms with Crippen molar-refractivity contribution in [2.75, 3.05) is 14.1 Å². The molecule has 0 atom stereocenters. The van der Waals surface area contributed by atoms with E-state index in [9.17, 15) is 9.90 Å². The van der Waals surface area contributed by atoms with Crippen molar-refractivity contribution in [3.8, 4) is 10.6 Å². The fourth-order valence-corrected chi connectivity index (χ4v) is 2.67. The predicted octanol–water partition coefficient (Wildman–Crippen LogP) is -0.253. The summed E-state index contributed by atoms with van der Waals surface area (Å²) in [6.07, 6.45) is -0.126. The van der Waals surface area contributed by atoms with Gasteiger partial charge in [-0.15, -0.1) is 11.3 Å². The van der Waals surface area contributed by atoms with Gasteiger partial charge in [-0.3, -0.25) is 0 Å². The van der Waals surface area contributed by atoms with Gasteiger partial charge in [-0.1, -0.05) is 24.3 Å². The van der Waals surface area contributed by atoms with Crippen LogP contribution in [0, 0.1) is 0 Å². The molecule has 0 spiro atoms. The van der Waals surface area contributed by atoms with Crippen LogP contribution in [0.3, 0.4) is 0 Å². The van der Waals surface area contributed by atoms with E-state index < -0.39 is 5.97 Å². The first-order chi connectivity index (χ1) is 9.04. The molecule has 0 aliphatic heterocycles. The molecule has 0 amide bonds. The number of nitrogens with zero attached hydrogens (tertiary/aromatic N) is 1. The van der Waals surface area contributed by atoms with Crippen molar-refractivity contribution < 1.29 is 14.8 Å². The van der Waals surface area contributed by atoms with E-state index in [-0.39, 0.29) is 6.42 Å². The van der Waals surface area contributed by atoms with E-state index in [2.05, 4.69) is 31.2 Å². The van der Waals surface area contributed by atoms with Crippen LogP contribution in [0.5, 0.6) is 0 Å². The number of carbonyl (C=O) groups is 1. The van der Waals surface area contributed by atoms with Crippen LogP contribution in [0.1, 0.15) is 11.3 Å². The lowest BCUT2D eigenvalue weighted by Crippen LogP contribution is -3.04. The van der Waals surface area contributed by atoms with Gasteiger partial charge in [-0.25, -0.2) is 4.98 Å². The van der Waals surface area contributed by atoms with Crippen molar-refractivity contribution >= 4 is 17.3 Å². The first-order valence-corrected chi connectivity index (χ1v) is 6.95. The zero-order valence-corrected chi connectivity index (χ0v) is 11.8. The molecule has 1 N–H and O–H groups in total. The summed E-state index contributed by atoms with van der Waals surface area (Å²) in [6.45, 7) is 0.980. The Morgan fingerprint density at radius 2 is 2.00 bits per heavy atom. The molecule has 4 nitrogen and oxygen atoms in total. The first-order valence-electron chi connectivity index (χ1n) is 6.07. The Morgan fingerprint density at radius 1 is 1.32 bits per heavy atom. The molecule has 0 aliphatic carbocycles. The molecule has 0 aliphatic rings. The number of benzene rings is 1. The normalized spacial score (nSPS) is 10.9. The first kappa shape index (κ1) is 13.7. The van der Waals surface area contributed by atoms with E-state index in [1.54, 1.807) is 5.38 Å². The van der Waals surface area contributed by atoms with E-state index >= 15 is 0 Å². The standard InChI is InChI=1S/C14H16N2O2S/c1-16(2)8-10-3-5-11(6-4-10)14-15-12(9-19-14)7-13(17)18/h3-6,9H,7-8H2,1-2H3,(H,17,18). The molecule has 0 radical (unpaired) electrons. The van der Waals surface area contributed by atoms with E-state index in [4.69, 9.17) is 0 Å². The second-order valence-corrected chi connectivity index (χ2v) is 5.63. The second-order valence-electron chi connectivity index (χ2n) is 4.77. The number of rotatable bonds is 5. The molecule has 0 bridgehead atoms. The number of carboxylic acid groups (broad SMARTS) is 1. The van der Waals surface area contributed by atoms with Gasteiger partial charge in [-0.05, 0) is 0 Å². The van der Waals surface area contributed by atoms with Crippen molar-refractivity contribution in [1.82, 2.24) is 4.98 Å². The molecular formula is C14H16N2O2S. The van der Waals surface area contributed by atoms with Crippen LogP contribution in [-0.4, -0.2) is 25.0 Å². The zero-order chi connectivity index (χ0) is 13.8. The van der Waals surface area contributed by atoms with Crippen LogP contribution in [-0.2, 0) is 17.8 Å². The van der Waals surface area contributed by atoms with Crippen LogP contribution in [0.25, 0.3) is 10.6 Å². The number of aliphatic carboxylic acids is 1. The summed E-state index contributed by atoms with van der Waals surface area (Å²) in [7, 11) is 4.22. The zero-order valence-electron chi connectivity index (χ0n) is 11.0. The van der Waals surface area contributed by atoms with Gasteiger partial charge in [0.1, 0.15) is 11.6 Å². The summed E-state index contributed by atoms with van der Waals surface area (Å²) in [4.78, 5) is 16.2. The average Bonchev–Trinajstić information content (AvgIpc) is 2.76. The molecule has 0 saturated heterocycles. The maximum Gasteiger partial charge on any atom is 0.123 e. The number of nitrogens with one attached hydrogen (secondary N) is 1. The number of carbonyl (C=O) groups excluding carboxylic acids is 1. The summed E-state index contributed by atoms with van der Waals surface area (Å²) < 4.78 is 0. The van der Waals surface area contributed by atoms with Gasteiger partial charge in [0.25, 0.3) is 0 Å². The highest BCUT2D eigenvalue weighted by molar-refractivity contribution is 7.13. The highest BCUT2D eigenvalue weighted by Crippen LogP contribution is 2.24. The summed E-state index contributed by atoms with van der Waals surface area (Å²) in [5.74, 6) is -1.10. The van der Waals surface area contributed by atoms with E-state index in [1.807, 2.05) is 12.1 Å². The second kappa shape index (κ2) is 5.95. The van der Waals surface area contributed by atoms with Gasteiger partial charge in [0.2, 0.25) is 0 Å². The highest BCUT2D eigenvalue weighted by atomic mass is 32.1. The van der Waals surface area contributed by atoms with E-state index in [0.717, 1.165) is 17.1 Å². The van der Waals surface area contributed by atoms with Crippen LogP contribution in [0.2, 0.25) is 0 Å². The Balaban J connectivity index is 2.13. The number of hydrogen-bond acceptors (Lipinski definition) is 4. The maximum atomic E-state index is 10.5. The van der Waals surface area contributed by atoms with E-state index in [0.29, 0.717) is 5.69 Å². The molecular weight excluding hydrogens is 260 g/mol. The van der Waals surface area contributed by atoms with Crippen LogP contribution in [0.15, 0.2) is 29.6 Å². The largest absolute Gasteiger partial charge is 0.550 e. The van der Waals surface area contributed by atoms with Crippen LogP contribution in [0.4, 0.5) is 0 Å². The molecule has 1 aromatic carbocycles. The lowest BCUT2D eigenvalue weighted by atomic mass is 10.1. The minimum atomic E-state index is -1.10. The number of hydrogen-bond donors (Lipinski definition) is 1. The predicted molar refractivity (Wildman–Crippen MR) is 72.8 cm³/mol. The minimum Gasteiger partial charge on any atom is -0.550 e. The lowest BCUT2D eigenvalue weighted by Gasteiger charge is -2.07. The van der Waals surface area contributed by atoms with Crippen molar-refractivity contribution in [3.63, 3.8) is 0 Å². The SMILES string of the molecule is C[NH+](C)Cc1ccc(-c2nc(CC(=O)[O-])cs2)cc1. The van der Waals surface area contributed by atoms with E-state index in [1.165, 1.54) is 21.8 Å². The quantitative estimate of drug-likeness (QED) is 0.819. The number of thiazole rings is 1. The van der Waals surface area contributed by atoms with Crippen molar-refractivity contribution in [2.24, 2.45) is 0 Å². The average molecular weight is 276 g/mol. The van der Waals surface area contributed by atoms with Crippen molar-refractivity contribution in [3.05, 3.63) is 40.9 Å². The van der Waals surface area contributed by atoms with Gasteiger partial charge >= 0.3 is 0 Å². The maximum absolute atomic E-state index is 10.5. The van der Waals surface area contributed by atoms with Gasteiger partial charge < -0.3 is 14.8 Å². The number of aromatic nitrogens is 1. The Bertz CT molecular complexity index is 561. The van der Waals surface area contributed by atoms with Crippen LogP contribution >= 0.6 is 11.3 Å². The fraction of sp³-hybridized carbons (Fsp3) is 0.286. The van der Waals surface area contributed by atoms with Gasteiger partial charge in [0.15, 0.2) is 0 Å². The molecule has 100 valence electrons. The summed E-state index contributed by atoms with van der Waals surface area (Å²) in [5, 5.41) is 13.1. The lowest BCUT2D eigenvalue weighted by molar-refractivity contribution is -0.872. The Labute approximate surface area is 116 Å². The summed E-state index contributed by atoms with van der Waals surface area (Å²) >= 11 is 1.46. The minimum absolute atomic E-state index is 0.126. The topological polar surface area (TPSA) is 57.5 Å². The molecule has 1 aromatic heterocycles. The van der Waals surface area contributed by atoms with Crippen molar-refractivity contribution in [2.45, 2.75) is 13.0 Å². The van der Waals surface area contributed by atoms with Gasteiger partial charge in [-0.2, -0.15) is 0 Å². The Hall–Kier alpha value is -1.72. The number of carboxylic acids is 1. The third-order valence-electron chi connectivity index (χ3n) is 2.64. The molecule has 0 saturated carbocycles. The molecule has 5 heteroatoms. The molecule has 2 aromatic rings. The smallest absolute Gasteiger partial charge is 0.123 e. The summed E-state index contributed by atoms with van der Waals surface area (Å²) in [5.41, 5.74) is 2.85. The van der Waals surface area contributed by atoms with Crippen molar-refractivity contribution in [1.29, 1.82) is 0 Å². The summed E-state index contributed by atoms with van der Waals surface area (Å²) in [6, 6.07) is 8.23. The van der Waals surface area contributed by atoms with Gasteiger partial charge in [0.05, 0.1) is 19.8 Å². The molecule has 0 fully saturated rings. The highest BCUT2D eigenvalue weighted by Gasteiger charge is 2.06.